The molecule has 0 spiro atoms. The van der Waals surface area contributed by atoms with Gasteiger partial charge < -0.3 is 14.2 Å². The maximum absolute atomic E-state index is 10.8. The van der Waals surface area contributed by atoms with Gasteiger partial charge in [0.05, 0.1) is 7.11 Å². The lowest BCUT2D eigenvalue weighted by atomic mass is 10.3. The first kappa shape index (κ1) is 21.9. The van der Waals surface area contributed by atoms with Crippen molar-refractivity contribution in [1.82, 2.24) is 0 Å². The van der Waals surface area contributed by atoms with E-state index in [2.05, 4.69) is 27.4 Å². The summed E-state index contributed by atoms with van der Waals surface area (Å²) in [5.74, 6) is -1.76. The van der Waals surface area contributed by atoms with Gasteiger partial charge in [0.2, 0.25) is 0 Å². The Bertz CT molecular complexity index is 449. The first-order valence-electron chi connectivity index (χ1n) is 6.33. The highest BCUT2D eigenvalue weighted by atomic mass is 16.6. The van der Waals surface area contributed by atoms with Crippen molar-refractivity contribution in [3.05, 3.63) is 24.3 Å². The molecule has 0 aliphatic rings. The molecule has 0 saturated heterocycles. The lowest BCUT2D eigenvalue weighted by Crippen LogP contribution is -2.15. The first-order chi connectivity index (χ1) is 10.1. The molecular weight excluding hydrogens is 292 g/mol. The second-order valence-corrected chi connectivity index (χ2v) is 4.29. The van der Waals surface area contributed by atoms with Crippen LogP contribution in [0.25, 0.3) is 0 Å². The largest absolute Gasteiger partial charge is 0.466 e. The standard InChI is InChI=1S/C10H14O5.C5H8O2/c1-7(2)10(13)15-5-4-14-9(12)6-8(3)11;1-4(2)5(6)7-3/h1,4-6H2,2-3H3;1H2,2-3H3. The first-order valence-corrected chi connectivity index (χ1v) is 6.33. The zero-order valence-corrected chi connectivity index (χ0v) is 13.4. The monoisotopic (exact) mass is 314 g/mol. The minimum Gasteiger partial charge on any atom is -0.466 e. The highest BCUT2D eigenvalue weighted by Gasteiger charge is 2.07. The SMILES string of the molecule is C=C(C)C(=O)OC.C=C(C)C(=O)OCCOC(=O)CC(C)=O. The summed E-state index contributed by atoms with van der Waals surface area (Å²) in [6, 6.07) is 0. The fraction of sp³-hybridized carbons (Fsp3) is 0.467. The molecule has 0 aliphatic carbocycles. The van der Waals surface area contributed by atoms with Crippen molar-refractivity contribution < 1.29 is 33.4 Å². The molecule has 0 fully saturated rings. The van der Waals surface area contributed by atoms with Gasteiger partial charge in [0.1, 0.15) is 25.4 Å². The third-order valence-electron chi connectivity index (χ3n) is 1.86. The quantitative estimate of drug-likeness (QED) is 0.230. The summed E-state index contributed by atoms with van der Waals surface area (Å²) in [5, 5.41) is 0. The van der Waals surface area contributed by atoms with E-state index in [1.165, 1.54) is 21.0 Å². The van der Waals surface area contributed by atoms with Crippen molar-refractivity contribution in [2.45, 2.75) is 27.2 Å². The number of carbonyl (C=O) groups excluding carboxylic acids is 4. The smallest absolute Gasteiger partial charge is 0.333 e. The Balaban J connectivity index is 0. The normalized spacial score (nSPS) is 8.73. The van der Waals surface area contributed by atoms with Crippen LogP contribution in [0.3, 0.4) is 0 Å². The molecule has 0 aliphatic heterocycles. The van der Waals surface area contributed by atoms with E-state index in [9.17, 15) is 19.2 Å². The predicted molar refractivity (Wildman–Crippen MR) is 78.9 cm³/mol. The van der Waals surface area contributed by atoms with Crippen LogP contribution >= 0.6 is 0 Å². The molecule has 0 heterocycles. The predicted octanol–water partition coefficient (Wildman–Crippen LogP) is 1.36. The van der Waals surface area contributed by atoms with Crippen molar-refractivity contribution in [3.8, 4) is 0 Å². The van der Waals surface area contributed by atoms with Crippen LogP contribution in [-0.2, 0) is 33.4 Å². The average Bonchev–Trinajstić information content (AvgIpc) is 2.41. The Hall–Kier alpha value is -2.44. The third kappa shape index (κ3) is 14.0. The molecule has 0 radical (unpaired) electrons. The number of methoxy groups -OCH3 is 1. The Morgan fingerprint density at radius 2 is 1.27 bits per heavy atom. The molecule has 0 rings (SSSR count). The van der Waals surface area contributed by atoms with Crippen LogP contribution in [0.1, 0.15) is 27.2 Å². The lowest BCUT2D eigenvalue weighted by Gasteiger charge is -2.05. The molecule has 0 saturated carbocycles. The van der Waals surface area contributed by atoms with Gasteiger partial charge in [-0.1, -0.05) is 13.2 Å². The van der Waals surface area contributed by atoms with E-state index < -0.39 is 11.9 Å². The zero-order valence-electron chi connectivity index (χ0n) is 13.4. The second-order valence-electron chi connectivity index (χ2n) is 4.29. The fourth-order valence-electron chi connectivity index (χ4n) is 0.842. The van der Waals surface area contributed by atoms with Crippen LogP contribution < -0.4 is 0 Å². The number of hydrogen-bond acceptors (Lipinski definition) is 7. The van der Waals surface area contributed by atoms with Crippen LogP contribution in [-0.4, -0.2) is 44.0 Å². The van der Waals surface area contributed by atoms with E-state index in [4.69, 9.17) is 0 Å². The number of ketones is 1. The van der Waals surface area contributed by atoms with Crippen molar-refractivity contribution >= 4 is 23.7 Å². The molecule has 124 valence electrons. The van der Waals surface area contributed by atoms with E-state index in [1.807, 2.05) is 0 Å². The molecule has 7 heteroatoms. The Morgan fingerprint density at radius 3 is 1.59 bits per heavy atom. The van der Waals surface area contributed by atoms with Crippen LogP contribution in [0.15, 0.2) is 24.3 Å². The summed E-state index contributed by atoms with van der Waals surface area (Å²) >= 11 is 0. The van der Waals surface area contributed by atoms with E-state index in [0.29, 0.717) is 5.57 Å². The fourth-order valence-corrected chi connectivity index (χ4v) is 0.842. The molecule has 0 bridgehead atoms. The van der Waals surface area contributed by atoms with Crippen LogP contribution in [0.2, 0.25) is 0 Å². The van der Waals surface area contributed by atoms with Crippen LogP contribution in [0, 0.1) is 0 Å². The molecule has 0 N–H and O–H groups in total. The molecule has 0 amide bonds. The van der Waals surface area contributed by atoms with Crippen molar-refractivity contribution in [3.63, 3.8) is 0 Å². The van der Waals surface area contributed by atoms with Gasteiger partial charge >= 0.3 is 17.9 Å². The van der Waals surface area contributed by atoms with Gasteiger partial charge in [-0.2, -0.15) is 0 Å². The maximum Gasteiger partial charge on any atom is 0.333 e. The number of ether oxygens (including phenoxy) is 3. The van der Waals surface area contributed by atoms with E-state index in [1.54, 1.807) is 6.92 Å². The highest BCUT2D eigenvalue weighted by Crippen LogP contribution is 1.93. The van der Waals surface area contributed by atoms with Gasteiger partial charge in [-0.25, -0.2) is 9.59 Å². The van der Waals surface area contributed by atoms with Gasteiger partial charge in [0.15, 0.2) is 0 Å². The van der Waals surface area contributed by atoms with Crippen LogP contribution in [0.5, 0.6) is 0 Å². The van der Waals surface area contributed by atoms with Gasteiger partial charge in [-0.15, -0.1) is 0 Å². The second kappa shape index (κ2) is 12.3. The van der Waals surface area contributed by atoms with Crippen molar-refractivity contribution in [2.75, 3.05) is 20.3 Å². The zero-order chi connectivity index (χ0) is 17.7. The third-order valence-corrected chi connectivity index (χ3v) is 1.86. The number of rotatable bonds is 7. The average molecular weight is 314 g/mol. The maximum atomic E-state index is 10.8. The summed E-state index contributed by atoms with van der Waals surface area (Å²) in [5.41, 5.74) is 0.715. The van der Waals surface area contributed by atoms with Crippen LogP contribution in [0.4, 0.5) is 0 Å². The Labute approximate surface area is 129 Å². The summed E-state index contributed by atoms with van der Waals surface area (Å²) in [6.45, 7) is 11.1. The van der Waals surface area contributed by atoms with Gasteiger partial charge in [-0.3, -0.25) is 9.59 Å². The number of Topliss-reactive ketones (excluding diaryl/α,β-unsaturated/α-hetero) is 1. The minimum atomic E-state index is -0.617. The van der Waals surface area contributed by atoms with Gasteiger partial charge in [0, 0.05) is 11.1 Å². The van der Waals surface area contributed by atoms with E-state index in [0.717, 1.165) is 0 Å². The minimum absolute atomic E-state index is 0.0324. The Kier molecular flexibility index (Phi) is 12.2. The molecule has 22 heavy (non-hydrogen) atoms. The molecule has 0 aromatic rings. The summed E-state index contributed by atoms with van der Waals surface area (Å²) in [7, 11) is 1.33. The Morgan fingerprint density at radius 1 is 0.818 bits per heavy atom. The van der Waals surface area contributed by atoms with E-state index in [-0.39, 0.29) is 37.0 Å². The summed E-state index contributed by atoms with van der Waals surface area (Å²) in [6.07, 6.45) is -0.256. The molecule has 0 aromatic carbocycles. The summed E-state index contributed by atoms with van der Waals surface area (Å²) < 4.78 is 13.5. The molecule has 0 aromatic heterocycles. The van der Waals surface area contributed by atoms with Gasteiger partial charge in [0.25, 0.3) is 0 Å². The molecule has 0 unspecified atom stereocenters. The van der Waals surface area contributed by atoms with Crippen molar-refractivity contribution in [1.29, 1.82) is 0 Å². The lowest BCUT2D eigenvalue weighted by molar-refractivity contribution is -0.151. The van der Waals surface area contributed by atoms with Gasteiger partial charge in [-0.05, 0) is 20.8 Å². The van der Waals surface area contributed by atoms with E-state index >= 15 is 0 Å². The van der Waals surface area contributed by atoms with Crippen molar-refractivity contribution in [2.24, 2.45) is 0 Å². The number of carbonyl (C=O) groups is 4. The number of hydrogen-bond donors (Lipinski definition) is 0. The molecule has 0 atom stereocenters. The number of esters is 3. The molecular formula is C15H22O7. The summed E-state index contributed by atoms with van der Waals surface area (Å²) in [4.78, 5) is 42.4. The highest BCUT2D eigenvalue weighted by molar-refractivity contribution is 5.94. The topological polar surface area (TPSA) is 96.0 Å². The molecule has 7 nitrogen and oxygen atoms in total.